The first-order valence-corrected chi connectivity index (χ1v) is 7.50. The number of rotatable bonds is 1. The standard InChI is InChI=1S/C17H18N2O/c20-16-7-3-9-19-15(13-5-2-8-18-11-13)10-12-4-1-6-14(16)17(12)19/h2,5,8,10-11,14H,1,3-4,6-7,9H2. The van der Waals surface area contributed by atoms with Crippen LogP contribution in [-0.2, 0) is 17.8 Å². The fraction of sp³-hybridized carbons (Fsp3) is 0.412. The van der Waals surface area contributed by atoms with Gasteiger partial charge in [-0.25, -0.2) is 0 Å². The van der Waals surface area contributed by atoms with Crippen LogP contribution in [0.5, 0.6) is 0 Å². The zero-order valence-corrected chi connectivity index (χ0v) is 11.5. The van der Waals surface area contributed by atoms with E-state index < -0.39 is 0 Å². The number of aryl methyl sites for hydroxylation is 1. The number of carbonyl (C=O) groups excluding carboxylic acids is 1. The van der Waals surface area contributed by atoms with E-state index in [1.165, 1.54) is 17.0 Å². The number of hydrogen-bond acceptors (Lipinski definition) is 2. The molecule has 2 aromatic rings. The van der Waals surface area contributed by atoms with E-state index in [1.807, 2.05) is 12.3 Å². The van der Waals surface area contributed by atoms with Crippen molar-refractivity contribution in [2.75, 3.05) is 0 Å². The number of aromatic nitrogens is 2. The van der Waals surface area contributed by atoms with E-state index >= 15 is 0 Å². The molecule has 0 fully saturated rings. The SMILES string of the molecule is O=C1CCCn2c(-c3cccnc3)cc3c2C1CCC3. The van der Waals surface area contributed by atoms with Gasteiger partial charge >= 0.3 is 0 Å². The lowest BCUT2D eigenvalue weighted by molar-refractivity contribution is -0.120. The molecule has 1 unspecified atom stereocenters. The molecule has 1 atom stereocenters. The number of carbonyl (C=O) groups is 1. The highest BCUT2D eigenvalue weighted by molar-refractivity contribution is 5.87. The second-order valence-corrected chi connectivity index (χ2v) is 5.85. The summed E-state index contributed by atoms with van der Waals surface area (Å²) in [5, 5.41) is 0. The van der Waals surface area contributed by atoms with Gasteiger partial charge < -0.3 is 4.57 Å². The molecule has 0 N–H and O–H groups in total. The lowest BCUT2D eigenvalue weighted by atomic mass is 9.84. The Labute approximate surface area is 118 Å². The Morgan fingerprint density at radius 1 is 1.25 bits per heavy atom. The minimum Gasteiger partial charge on any atom is -0.344 e. The van der Waals surface area contributed by atoms with Gasteiger partial charge in [-0.15, -0.1) is 0 Å². The van der Waals surface area contributed by atoms with E-state index in [0.717, 1.165) is 44.2 Å². The number of nitrogens with zero attached hydrogens (tertiary/aromatic N) is 2. The van der Waals surface area contributed by atoms with Crippen LogP contribution < -0.4 is 0 Å². The fourth-order valence-corrected chi connectivity index (χ4v) is 3.76. The molecule has 1 aliphatic carbocycles. The lowest BCUT2D eigenvalue weighted by Crippen LogP contribution is -2.18. The monoisotopic (exact) mass is 266 g/mol. The molecule has 0 radical (unpaired) electrons. The van der Waals surface area contributed by atoms with Crippen molar-refractivity contribution in [2.45, 2.75) is 44.6 Å². The van der Waals surface area contributed by atoms with Gasteiger partial charge in [0, 0.05) is 36.6 Å². The van der Waals surface area contributed by atoms with Crippen molar-refractivity contribution >= 4 is 5.78 Å². The molecule has 3 heterocycles. The Balaban J connectivity index is 1.92. The molecule has 0 aromatic carbocycles. The van der Waals surface area contributed by atoms with Crippen LogP contribution >= 0.6 is 0 Å². The summed E-state index contributed by atoms with van der Waals surface area (Å²) in [6, 6.07) is 6.38. The van der Waals surface area contributed by atoms with Gasteiger partial charge in [0.1, 0.15) is 5.78 Å². The Bertz CT molecular complexity index is 657. The van der Waals surface area contributed by atoms with Crippen LogP contribution in [0.15, 0.2) is 30.6 Å². The van der Waals surface area contributed by atoms with E-state index in [2.05, 4.69) is 21.7 Å². The summed E-state index contributed by atoms with van der Waals surface area (Å²) >= 11 is 0. The highest BCUT2D eigenvalue weighted by atomic mass is 16.1. The topological polar surface area (TPSA) is 34.9 Å². The molecule has 3 heteroatoms. The first-order valence-electron chi connectivity index (χ1n) is 7.50. The Hall–Kier alpha value is -1.90. The zero-order chi connectivity index (χ0) is 13.5. The minimum atomic E-state index is 0.145. The molecule has 2 aromatic heterocycles. The smallest absolute Gasteiger partial charge is 0.141 e. The third-order valence-corrected chi connectivity index (χ3v) is 4.64. The number of ketones is 1. The maximum Gasteiger partial charge on any atom is 0.141 e. The van der Waals surface area contributed by atoms with Gasteiger partial charge in [0.05, 0.1) is 11.6 Å². The van der Waals surface area contributed by atoms with Gasteiger partial charge in [-0.1, -0.05) is 0 Å². The van der Waals surface area contributed by atoms with Crippen molar-refractivity contribution in [1.29, 1.82) is 0 Å². The van der Waals surface area contributed by atoms with Crippen molar-refractivity contribution < 1.29 is 4.79 Å². The van der Waals surface area contributed by atoms with Crippen LogP contribution in [0.3, 0.4) is 0 Å². The van der Waals surface area contributed by atoms with E-state index in [-0.39, 0.29) is 5.92 Å². The van der Waals surface area contributed by atoms with Crippen LogP contribution in [0.2, 0.25) is 0 Å². The molecule has 0 bridgehead atoms. The van der Waals surface area contributed by atoms with Crippen molar-refractivity contribution in [3.63, 3.8) is 0 Å². The summed E-state index contributed by atoms with van der Waals surface area (Å²) < 4.78 is 2.39. The first-order chi connectivity index (χ1) is 9.84. The molecule has 102 valence electrons. The summed E-state index contributed by atoms with van der Waals surface area (Å²) in [6.07, 6.45) is 8.71. The van der Waals surface area contributed by atoms with Crippen molar-refractivity contribution in [1.82, 2.24) is 9.55 Å². The van der Waals surface area contributed by atoms with Gasteiger partial charge in [-0.2, -0.15) is 0 Å². The third-order valence-electron chi connectivity index (χ3n) is 4.64. The number of pyridine rings is 1. The van der Waals surface area contributed by atoms with Gasteiger partial charge in [0.15, 0.2) is 0 Å². The number of Topliss-reactive ketones (excluding diaryl/α,β-unsaturated/α-hetero) is 1. The quantitative estimate of drug-likeness (QED) is 0.793. The largest absolute Gasteiger partial charge is 0.344 e. The molecule has 4 rings (SSSR count). The molecule has 2 aliphatic rings. The van der Waals surface area contributed by atoms with Crippen LogP contribution in [0.25, 0.3) is 11.3 Å². The van der Waals surface area contributed by atoms with Crippen LogP contribution in [-0.4, -0.2) is 15.3 Å². The van der Waals surface area contributed by atoms with Gasteiger partial charge in [-0.3, -0.25) is 9.78 Å². The minimum absolute atomic E-state index is 0.145. The Morgan fingerprint density at radius 2 is 2.20 bits per heavy atom. The molecule has 20 heavy (non-hydrogen) atoms. The van der Waals surface area contributed by atoms with E-state index in [1.54, 1.807) is 6.20 Å². The van der Waals surface area contributed by atoms with Crippen LogP contribution in [0.4, 0.5) is 0 Å². The average molecular weight is 266 g/mol. The third kappa shape index (κ3) is 1.73. The summed E-state index contributed by atoms with van der Waals surface area (Å²) in [7, 11) is 0. The molecule has 1 aliphatic heterocycles. The molecular weight excluding hydrogens is 248 g/mol. The van der Waals surface area contributed by atoms with Gasteiger partial charge in [0.2, 0.25) is 0 Å². The van der Waals surface area contributed by atoms with Crippen molar-refractivity contribution in [3.8, 4) is 11.3 Å². The zero-order valence-electron chi connectivity index (χ0n) is 11.5. The normalized spacial score (nSPS) is 21.4. The predicted molar refractivity (Wildman–Crippen MR) is 77.6 cm³/mol. The highest BCUT2D eigenvalue weighted by Gasteiger charge is 2.32. The summed E-state index contributed by atoms with van der Waals surface area (Å²) in [6.45, 7) is 0.960. The first kappa shape index (κ1) is 11.9. The van der Waals surface area contributed by atoms with E-state index in [9.17, 15) is 4.79 Å². The van der Waals surface area contributed by atoms with Crippen molar-refractivity contribution in [3.05, 3.63) is 41.9 Å². The summed E-state index contributed by atoms with van der Waals surface area (Å²) in [4.78, 5) is 16.6. The molecule has 0 saturated carbocycles. The Kier molecular flexibility index (Phi) is 2.72. The molecule has 0 saturated heterocycles. The second kappa shape index (κ2) is 4.58. The second-order valence-electron chi connectivity index (χ2n) is 5.85. The molecule has 0 spiro atoms. The Morgan fingerprint density at radius 3 is 3.05 bits per heavy atom. The average Bonchev–Trinajstić information content (AvgIpc) is 2.78. The van der Waals surface area contributed by atoms with Gasteiger partial charge in [0.25, 0.3) is 0 Å². The molecule has 3 nitrogen and oxygen atoms in total. The summed E-state index contributed by atoms with van der Waals surface area (Å²) in [5.41, 5.74) is 5.09. The predicted octanol–water partition coefficient (Wildman–Crippen LogP) is 3.33. The lowest BCUT2D eigenvalue weighted by Gasteiger charge is -2.22. The highest BCUT2D eigenvalue weighted by Crippen LogP contribution is 2.40. The maximum absolute atomic E-state index is 12.3. The van der Waals surface area contributed by atoms with Crippen molar-refractivity contribution in [2.24, 2.45) is 0 Å². The van der Waals surface area contributed by atoms with E-state index in [0.29, 0.717) is 5.78 Å². The maximum atomic E-state index is 12.3. The summed E-state index contributed by atoms with van der Waals surface area (Å²) in [5.74, 6) is 0.590. The van der Waals surface area contributed by atoms with Crippen LogP contribution in [0.1, 0.15) is 42.9 Å². The fourth-order valence-electron chi connectivity index (χ4n) is 3.76. The van der Waals surface area contributed by atoms with Crippen LogP contribution in [0, 0.1) is 0 Å². The number of hydrogen-bond donors (Lipinski definition) is 0. The van der Waals surface area contributed by atoms with Gasteiger partial charge in [-0.05, 0) is 49.4 Å². The van der Waals surface area contributed by atoms with E-state index in [4.69, 9.17) is 0 Å². The molecule has 0 amide bonds. The molecular formula is C17H18N2O.